The third kappa shape index (κ3) is 4.57. The van der Waals surface area contributed by atoms with Crippen LogP contribution in [-0.4, -0.2) is 44.0 Å². The number of nitrogens with zero attached hydrogens (tertiary/aromatic N) is 1. The van der Waals surface area contributed by atoms with Gasteiger partial charge in [0.2, 0.25) is 11.8 Å². The van der Waals surface area contributed by atoms with E-state index < -0.39 is 5.92 Å². The summed E-state index contributed by atoms with van der Waals surface area (Å²) in [5.41, 5.74) is 1.60. The summed E-state index contributed by atoms with van der Waals surface area (Å²) in [6.45, 7) is 1.01. The zero-order valence-electron chi connectivity index (χ0n) is 15.9. The minimum atomic E-state index is -0.410. The molecule has 0 aliphatic carbocycles. The van der Waals surface area contributed by atoms with E-state index in [9.17, 15) is 9.59 Å². The fraction of sp³-hybridized carbons (Fsp3) is 0.333. The molecule has 1 N–H and O–H groups in total. The number of anilines is 1. The maximum atomic E-state index is 12.7. The van der Waals surface area contributed by atoms with Crippen LogP contribution >= 0.6 is 11.6 Å². The van der Waals surface area contributed by atoms with Crippen molar-refractivity contribution in [1.82, 2.24) is 4.90 Å². The van der Waals surface area contributed by atoms with Crippen LogP contribution in [0.15, 0.2) is 42.5 Å². The molecule has 2 amide bonds. The Morgan fingerprint density at radius 3 is 2.54 bits per heavy atom. The van der Waals surface area contributed by atoms with Crippen LogP contribution in [0.2, 0.25) is 5.02 Å². The lowest BCUT2D eigenvalue weighted by Gasteiger charge is -2.17. The zero-order valence-corrected chi connectivity index (χ0v) is 16.7. The van der Waals surface area contributed by atoms with Crippen LogP contribution in [-0.2, 0) is 16.0 Å². The first-order valence-electron chi connectivity index (χ1n) is 9.06. The molecule has 0 aromatic heterocycles. The third-order valence-corrected chi connectivity index (χ3v) is 5.14. The summed E-state index contributed by atoms with van der Waals surface area (Å²) in [7, 11) is 3.03. The molecule has 0 radical (unpaired) electrons. The number of halogens is 1. The quantitative estimate of drug-likeness (QED) is 0.770. The van der Waals surface area contributed by atoms with Gasteiger partial charge in [0.15, 0.2) is 11.5 Å². The van der Waals surface area contributed by atoms with Gasteiger partial charge in [0.1, 0.15) is 0 Å². The van der Waals surface area contributed by atoms with Gasteiger partial charge in [0, 0.05) is 31.6 Å². The minimum Gasteiger partial charge on any atom is -0.493 e. The first kappa shape index (κ1) is 20.0. The summed E-state index contributed by atoms with van der Waals surface area (Å²) < 4.78 is 10.4. The molecule has 2 aromatic carbocycles. The number of ether oxygens (including phenoxy) is 2. The van der Waals surface area contributed by atoms with Crippen molar-refractivity contribution in [1.29, 1.82) is 0 Å². The Labute approximate surface area is 169 Å². The number of nitrogens with one attached hydrogen (secondary N) is 1. The van der Waals surface area contributed by atoms with Crippen molar-refractivity contribution in [2.75, 3.05) is 32.6 Å². The van der Waals surface area contributed by atoms with E-state index in [4.69, 9.17) is 21.1 Å². The van der Waals surface area contributed by atoms with E-state index in [0.29, 0.717) is 35.3 Å². The molecule has 0 spiro atoms. The molecule has 1 fully saturated rings. The van der Waals surface area contributed by atoms with Gasteiger partial charge < -0.3 is 19.7 Å². The predicted molar refractivity (Wildman–Crippen MR) is 108 cm³/mol. The van der Waals surface area contributed by atoms with Crippen LogP contribution < -0.4 is 14.8 Å². The Kier molecular flexibility index (Phi) is 6.41. The summed E-state index contributed by atoms with van der Waals surface area (Å²) in [4.78, 5) is 26.7. The van der Waals surface area contributed by atoms with Crippen molar-refractivity contribution < 1.29 is 19.1 Å². The third-order valence-electron chi connectivity index (χ3n) is 4.83. The number of rotatable bonds is 7. The number of amides is 2. The highest BCUT2D eigenvalue weighted by molar-refractivity contribution is 6.34. The van der Waals surface area contributed by atoms with Gasteiger partial charge in [-0.3, -0.25) is 9.59 Å². The number of carbonyl (C=O) groups excluding carboxylic acids is 2. The highest BCUT2D eigenvalue weighted by Crippen LogP contribution is 2.36. The second-order valence-corrected chi connectivity index (χ2v) is 7.06. The van der Waals surface area contributed by atoms with E-state index in [0.717, 1.165) is 6.42 Å². The SMILES string of the molecule is COc1cc(Cl)c(NC(=O)C2CC(=O)N(CCc3ccccc3)C2)cc1OC. The topological polar surface area (TPSA) is 67.9 Å². The maximum absolute atomic E-state index is 12.7. The number of hydrogen-bond acceptors (Lipinski definition) is 4. The van der Waals surface area contributed by atoms with Gasteiger partial charge in [0.25, 0.3) is 0 Å². The molecule has 2 aromatic rings. The minimum absolute atomic E-state index is 0.00510. The monoisotopic (exact) mass is 402 g/mol. The normalized spacial score (nSPS) is 16.2. The second-order valence-electron chi connectivity index (χ2n) is 6.65. The van der Waals surface area contributed by atoms with Crippen LogP contribution in [0.25, 0.3) is 0 Å². The molecule has 1 atom stereocenters. The Hall–Kier alpha value is -2.73. The molecule has 7 heteroatoms. The summed E-state index contributed by atoms with van der Waals surface area (Å²) in [6.07, 6.45) is 0.966. The molecule has 1 heterocycles. The number of carbonyl (C=O) groups is 2. The van der Waals surface area contributed by atoms with Crippen molar-refractivity contribution in [3.63, 3.8) is 0 Å². The average Bonchev–Trinajstić information content (AvgIpc) is 3.09. The molecule has 0 saturated carbocycles. The van der Waals surface area contributed by atoms with Gasteiger partial charge in [-0.25, -0.2) is 0 Å². The summed E-state index contributed by atoms with van der Waals surface area (Å²) in [6, 6.07) is 13.2. The van der Waals surface area contributed by atoms with Crippen molar-refractivity contribution in [3.05, 3.63) is 53.1 Å². The molecule has 28 heavy (non-hydrogen) atoms. The molecule has 0 bridgehead atoms. The smallest absolute Gasteiger partial charge is 0.229 e. The molecule has 6 nitrogen and oxygen atoms in total. The van der Waals surface area contributed by atoms with E-state index in [2.05, 4.69) is 5.32 Å². The van der Waals surface area contributed by atoms with Crippen molar-refractivity contribution in [2.24, 2.45) is 5.92 Å². The fourth-order valence-electron chi connectivity index (χ4n) is 3.26. The Morgan fingerprint density at radius 2 is 1.86 bits per heavy atom. The van der Waals surface area contributed by atoms with Gasteiger partial charge >= 0.3 is 0 Å². The predicted octanol–water partition coefficient (Wildman–Crippen LogP) is 3.39. The first-order chi connectivity index (χ1) is 13.5. The van der Waals surface area contributed by atoms with Gasteiger partial charge in [-0.2, -0.15) is 0 Å². The maximum Gasteiger partial charge on any atom is 0.229 e. The number of likely N-dealkylation sites (tertiary alicyclic amines) is 1. The molecule has 1 aliphatic rings. The van der Waals surface area contributed by atoms with Crippen LogP contribution in [0.3, 0.4) is 0 Å². The Balaban J connectivity index is 1.62. The van der Waals surface area contributed by atoms with E-state index in [1.54, 1.807) is 17.0 Å². The molecular formula is C21H23ClN2O4. The molecule has 1 unspecified atom stereocenters. The number of benzene rings is 2. The van der Waals surface area contributed by atoms with Gasteiger partial charge in [0.05, 0.1) is 30.8 Å². The van der Waals surface area contributed by atoms with E-state index in [1.807, 2.05) is 30.3 Å². The lowest BCUT2D eigenvalue weighted by atomic mass is 10.1. The van der Waals surface area contributed by atoms with Crippen molar-refractivity contribution in [2.45, 2.75) is 12.8 Å². The van der Waals surface area contributed by atoms with E-state index in [1.165, 1.54) is 19.8 Å². The average molecular weight is 403 g/mol. The first-order valence-corrected chi connectivity index (χ1v) is 9.43. The van der Waals surface area contributed by atoms with Crippen LogP contribution in [0.5, 0.6) is 11.5 Å². The Bertz CT molecular complexity index is 857. The summed E-state index contributed by atoms with van der Waals surface area (Å²) in [5, 5.41) is 3.15. The van der Waals surface area contributed by atoms with Crippen LogP contribution in [0.1, 0.15) is 12.0 Å². The van der Waals surface area contributed by atoms with E-state index >= 15 is 0 Å². The molecular weight excluding hydrogens is 380 g/mol. The van der Waals surface area contributed by atoms with Crippen molar-refractivity contribution >= 4 is 29.1 Å². The van der Waals surface area contributed by atoms with Crippen molar-refractivity contribution in [3.8, 4) is 11.5 Å². The number of hydrogen-bond donors (Lipinski definition) is 1. The van der Waals surface area contributed by atoms with E-state index in [-0.39, 0.29) is 18.2 Å². The highest BCUT2D eigenvalue weighted by atomic mass is 35.5. The second kappa shape index (κ2) is 8.97. The van der Waals surface area contributed by atoms with Gasteiger partial charge in [-0.15, -0.1) is 0 Å². The molecule has 1 aliphatic heterocycles. The summed E-state index contributed by atoms with van der Waals surface area (Å²) >= 11 is 6.24. The fourth-order valence-corrected chi connectivity index (χ4v) is 3.46. The lowest BCUT2D eigenvalue weighted by Crippen LogP contribution is -2.30. The number of methoxy groups -OCH3 is 2. The van der Waals surface area contributed by atoms with Crippen LogP contribution in [0.4, 0.5) is 5.69 Å². The largest absolute Gasteiger partial charge is 0.493 e. The summed E-state index contributed by atoms with van der Waals surface area (Å²) in [5.74, 6) is 0.300. The Morgan fingerprint density at radius 1 is 1.18 bits per heavy atom. The van der Waals surface area contributed by atoms with Gasteiger partial charge in [-0.05, 0) is 12.0 Å². The molecule has 148 valence electrons. The van der Waals surface area contributed by atoms with Crippen LogP contribution in [0, 0.1) is 5.92 Å². The van der Waals surface area contributed by atoms with Gasteiger partial charge in [-0.1, -0.05) is 41.9 Å². The lowest BCUT2D eigenvalue weighted by molar-refractivity contribution is -0.128. The zero-order chi connectivity index (χ0) is 20.1. The standard InChI is InChI=1S/C21H23ClN2O4/c1-27-18-11-16(22)17(12-19(18)28-2)23-21(26)15-10-20(25)24(13-15)9-8-14-6-4-3-5-7-14/h3-7,11-12,15H,8-10,13H2,1-2H3,(H,23,26). The molecule has 3 rings (SSSR count). The highest BCUT2D eigenvalue weighted by Gasteiger charge is 2.34. The molecule has 1 saturated heterocycles.